The molecule has 1 fully saturated rings. The third kappa shape index (κ3) is 3.53. The van der Waals surface area contributed by atoms with Gasteiger partial charge in [0.25, 0.3) is 0 Å². The number of carbonyl (C=O) groups excluding carboxylic acids is 1. The van der Waals surface area contributed by atoms with Crippen LogP contribution in [0.4, 0.5) is 4.39 Å². The van der Waals surface area contributed by atoms with Crippen LogP contribution in [-0.2, 0) is 4.79 Å². The molecule has 4 heteroatoms. The smallest absolute Gasteiger partial charge is 0.153 e. The van der Waals surface area contributed by atoms with E-state index in [9.17, 15) is 9.18 Å². The van der Waals surface area contributed by atoms with Gasteiger partial charge < -0.3 is 10.1 Å². The summed E-state index contributed by atoms with van der Waals surface area (Å²) in [5.41, 5.74) is 0. The van der Waals surface area contributed by atoms with E-state index >= 15 is 0 Å². The highest BCUT2D eigenvalue weighted by Crippen LogP contribution is 2.13. The first-order chi connectivity index (χ1) is 8.25. The molecule has 0 radical (unpaired) electrons. The predicted octanol–water partition coefficient (Wildman–Crippen LogP) is 1.92. The molecule has 1 heterocycles. The van der Waals surface area contributed by atoms with Crippen LogP contribution in [0, 0.1) is 5.82 Å². The largest absolute Gasteiger partial charge is 0.493 e. The van der Waals surface area contributed by atoms with E-state index in [4.69, 9.17) is 4.74 Å². The first-order valence-electron chi connectivity index (χ1n) is 5.90. The molecule has 0 aromatic heterocycles. The maximum Gasteiger partial charge on any atom is 0.153 e. The Morgan fingerprint density at radius 3 is 3.12 bits per heavy atom. The van der Waals surface area contributed by atoms with Crippen molar-refractivity contribution in [3.63, 3.8) is 0 Å². The van der Waals surface area contributed by atoms with Gasteiger partial charge in [0, 0.05) is 12.5 Å². The SMILES string of the molecule is O=C(CCOc1cccc(F)c1)C1CCCN1. The zero-order valence-electron chi connectivity index (χ0n) is 9.62. The maximum atomic E-state index is 12.8. The molecular weight excluding hydrogens is 221 g/mol. The second-order valence-electron chi connectivity index (χ2n) is 4.17. The molecule has 1 aliphatic rings. The van der Waals surface area contributed by atoms with Gasteiger partial charge in [0.05, 0.1) is 12.6 Å². The minimum Gasteiger partial charge on any atom is -0.493 e. The van der Waals surface area contributed by atoms with Crippen molar-refractivity contribution in [3.05, 3.63) is 30.1 Å². The molecule has 0 bridgehead atoms. The minimum absolute atomic E-state index is 0.00823. The van der Waals surface area contributed by atoms with Gasteiger partial charge >= 0.3 is 0 Å². The van der Waals surface area contributed by atoms with Gasteiger partial charge in [0.2, 0.25) is 0 Å². The number of hydrogen-bond acceptors (Lipinski definition) is 3. The second kappa shape index (κ2) is 5.77. The van der Waals surface area contributed by atoms with Crippen LogP contribution in [0.25, 0.3) is 0 Å². The number of ketones is 1. The van der Waals surface area contributed by atoms with Crippen LogP contribution in [0.2, 0.25) is 0 Å². The van der Waals surface area contributed by atoms with Crippen LogP contribution < -0.4 is 10.1 Å². The molecule has 17 heavy (non-hydrogen) atoms. The molecule has 0 spiro atoms. The molecule has 2 rings (SSSR count). The van der Waals surface area contributed by atoms with E-state index < -0.39 is 0 Å². The number of benzene rings is 1. The summed E-state index contributed by atoms with van der Waals surface area (Å²) in [5.74, 6) is 0.322. The molecule has 0 amide bonds. The highest BCUT2D eigenvalue weighted by molar-refractivity contribution is 5.84. The summed E-state index contributed by atoms with van der Waals surface area (Å²) in [7, 11) is 0. The summed E-state index contributed by atoms with van der Waals surface area (Å²) < 4.78 is 18.2. The van der Waals surface area contributed by atoms with Gasteiger partial charge in [-0.15, -0.1) is 0 Å². The second-order valence-corrected chi connectivity index (χ2v) is 4.17. The topological polar surface area (TPSA) is 38.3 Å². The van der Waals surface area contributed by atoms with Crippen molar-refractivity contribution < 1.29 is 13.9 Å². The monoisotopic (exact) mass is 237 g/mol. The molecule has 1 N–H and O–H groups in total. The molecule has 1 aromatic carbocycles. The van der Waals surface area contributed by atoms with Crippen LogP contribution in [0.3, 0.4) is 0 Å². The number of hydrogen-bond donors (Lipinski definition) is 1. The molecule has 1 aromatic rings. The van der Waals surface area contributed by atoms with Gasteiger partial charge in [-0.05, 0) is 31.5 Å². The van der Waals surface area contributed by atoms with E-state index in [0.717, 1.165) is 19.4 Å². The first-order valence-corrected chi connectivity index (χ1v) is 5.90. The average molecular weight is 237 g/mol. The molecule has 1 unspecified atom stereocenters. The average Bonchev–Trinajstić information content (AvgIpc) is 2.82. The van der Waals surface area contributed by atoms with Crippen molar-refractivity contribution in [1.29, 1.82) is 0 Å². The van der Waals surface area contributed by atoms with Crippen molar-refractivity contribution in [1.82, 2.24) is 5.32 Å². The Labute approximate surface area is 100.0 Å². The van der Waals surface area contributed by atoms with E-state index in [1.165, 1.54) is 12.1 Å². The summed E-state index contributed by atoms with van der Waals surface area (Å²) >= 11 is 0. The summed E-state index contributed by atoms with van der Waals surface area (Å²) in [6, 6.07) is 5.94. The van der Waals surface area contributed by atoms with E-state index in [0.29, 0.717) is 18.8 Å². The van der Waals surface area contributed by atoms with Gasteiger partial charge in [-0.1, -0.05) is 6.07 Å². The lowest BCUT2D eigenvalue weighted by Crippen LogP contribution is -2.31. The van der Waals surface area contributed by atoms with Gasteiger partial charge in [-0.3, -0.25) is 4.79 Å². The van der Waals surface area contributed by atoms with Crippen LogP contribution in [0.1, 0.15) is 19.3 Å². The molecule has 0 saturated carbocycles. The fourth-order valence-corrected chi connectivity index (χ4v) is 1.96. The molecule has 92 valence electrons. The minimum atomic E-state index is -0.328. The fraction of sp³-hybridized carbons (Fsp3) is 0.462. The molecule has 1 aliphatic heterocycles. The van der Waals surface area contributed by atoms with Crippen LogP contribution >= 0.6 is 0 Å². The van der Waals surface area contributed by atoms with Crippen LogP contribution in [-0.4, -0.2) is 25.0 Å². The number of nitrogens with one attached hydrogen (secondary N) is 1. The van der Waals surface area contributed by atoms with Gasteiger partial charge in [-0.25, -0.2) is 4.39 Å². The van der Waals surface area contributed by atoms with E-state index in [1.54, 1.807) is 12.1 Å². The van der Waals surface area contributed by atoms with Gasteiger partial charge in [0.1, 0.15) is 11.6 Å². The molecule has 1 saturated heterocycles. The first kappa shape index (κ1) is 12.0. The lowest BCUT2D eigenvalue weighted by molar-refractivity contribution is -0.121. The predicted molar refractivity (Wildman–Crippen MR) is 62.5 cm³/mol. The Hall–Kier alpha value is -1.42. The normalized spacial score (nSPS) is 19.2. The Balaban J connectivity index is 1.73. The van der Waals surface area contributed by atoms with E-state index in [1.807, 2.05) is 0 Å². The highest BCUT2D eigenvalue weighted by Gasteiger charge is 2.21. The van der Waals surface area contributed by atoms with Gasteiger partial charge in [0.15, 0.2) is 5.78 Å². The molecule has 0 aliphatic carbocycles. The molecule has 1 atom stereocenters. The van der Waals surface area contributed by atoms with Crippen molar-refractivity contribution in [3.8, 4) is 5.75 Å². The summed E-state index contributed by atoms with van der Waals surface area (Å²) in [6.07, 6.45) is 2.34. The standard InChI is InChI=1S/C13H16FNO2/c14-10-3-1-4-11(9-10)17-8-6-13(16)12-5-2-7-15-12/h1,3-4,9,12,15H,2,5-8H2. The number of carbonyl (C=O) groups is 1. The Kier molecular flexibility index (Phi) is 4.09. The van der Waals surface area contributed by atoms with E-state index in [2.05, 4.69) is 5.32 Å². The van der Waals surface area contributed by atoms with Crippen molar-refractivity contribution in [2.45, 2.75) is 25.3 Å². The van der Waals surface area contributed by atoms with Crippen LogP contribution in [0.5, 0.6) is 5.75 Å². The summed E-state index contributed by atoms with van der Waals surface area (Å²) in [6.45, 7) is 1.22. The Bertz CT molecular complexity index is 389. The Morgan fingerprint density at radius 1 is 1.53 bits per heavy atom. The fourth-order valence-electron chi connectivity index (χ4n) is 1.96. The van der Waals surface area contributed by atoms with E-state index in [-0.39, 0.29) is 17.6 Å². The van der Waals surface area contributed by atoms with Crippen molar-refractivity contribution in [2.75, 3.05) is 13.2 Å². The quantitative estimate of drug-likeness (QED) is 0.850. The maximum absolute atomic E-state index is 12.8. The highest BCUT2D eigenvalue weighted by atomic mass is 19.1. The van der Waals surface area contributed by atoms with Crippen molar-refractivity contribution in [2.24, 2.45) is 0 Å². The zero-order valence-corrected chi connectivity index (χ0v) is 9.62. The van der Waals surface area contributed by atoms with Crippen molar-refractivity contribution >= 4 is 5.78 Å². The number of rotatable bonds is 5. The lowest BCUT2D eigenvalue weighted by Gasteiger charge is -2.09. The summed E-state index contributed by atoms with van der Waals surface area (Å²) in [5, 5.41) is 3.15. The van der Waals surface area contributed by atoms with Gasteiger partial charge in [-0.2, -0.15) is 0 Å². The zero-order chi connectivity index (χ0) is 12.1. The number of halogens is 1. The number of ether oxygens (including phenoxy) is 1. The third-order valence-corrected chi connectivity index (χ3v) is 2.86. The number of Topliss-reactive ketones (excluding diaryl/α,β-unsaturated/α-hetero) is 1. The summed E-state index contributed by atoms with van der Waals surface area (Å²) in [4.78, 5) is 11.7. The van der Waals surface area contributed by atoms with Crippen LogP contribution in [0.15, 0.2) is 24.3 Å². The molecule has 3 nitrogen and oxygen atoms in total. The molecular formula is C13H16FNO2. The third-order valence-electron chi connectivity index (χ3n) is 2.86. The lowest BCUT2D eigenvalue weighted by atomic mass is 10.1. The Morgan fingerprint density at radius 2 is 2.41 bits per heavy atom.